The number of anilines is 2. The zero-order valence-corrected chi connectivity index (χ0v) is 14.3. The molecule has 0 saturated carbocycles. The SMILES string of the molecule is CC(C)C(C)(C)CNc1ccc(N2CCN(C)CC2)cc1. The Hall–Kier alpha value is -1.22. The Kier molecular flexibility index (Phi) is 5.15. The van der Waals surface area contributed by atoms with Crippen LogP contribution in [0.5, 0.6) is 0 Å². The van der Waals surface area contributed by atoms with Crippen LogP contribution in [0.15, 0.2) is 24.3 Å². The molecular formula is C18H31N3. The molecule has 1 fully saturated rings. The fourth-order valence-electron chi connectivity index (χ4n) is 2.39. The second-order valence-electron chi connectivity index (χ2n) is 7.33. The highest BCUT2D eigenvalue weighted by Gasteiger charge is 2.21. The van der Waals surface area contributed by atoms with Crippen LogP contribution in [0.25, 0.3) is 0 Å². The number of nitrogens with one attached hydrogen (secondary N) is 1. The summed E-state index contributed by atoms with van der Waals surface area (Å²) in [5, 5.41) is 3.58. The molecule has 0 bridgehead atoms. The van der Waals surface area contributed by atoms with Gasteiger partial charge < -0.3 is 15.1 Å². The predicted octanol–water partition coefficient (Wildman–Crippen LogP) is 3.53. The van der Waals surface area contributed by atoms with Gasteiger partial charge in [-0.05, 0) is 42.6 Å². The van der Waals surface area contributed by atoms with Gasteiger partial charge >= 0.3 is 0 Å². The minimum Gasteiger partial charge on any atom is -0.384 e. The first-order chi connectivity index (χ1) is 9.88. The molecule has 1 aromatic rings. The highest BCUT2D eigenvalue weighted by atomic mass is 15.2. The minimum absolute atomic E-state index is 0.316. The van der Waals surface area contributed by atoms with Crippen LogP contribution in [0.1, 0.15) is 27.7 Å². The van der Waals surface area contributed by atoms with E-state index in [2.05, 4.69) is 74.1 Å². The fraction of sp³-hybridized carbons (Fsp3) is 0.667. The first kappa shape index (κ1) is 16.2. The van der Waals surface area contributed by atoms with Gasteiger partial charge in [-0.25, -0.2) is 0 Å². The summed E-state index contributed by atoms with van der Waals surface area (Å²) >= 11 is 0. The highest BCUT2D eigenvalue weighted by Crippen LogP contribution is 2.27. The minimum atomic E-state index is 0.316. The van der Waals surface area contributed by atoms with Crippen LogP contribution in [-0.2, 0) is 0 Å². The van der Waals surface area contributed by atoms with E-state index in [4.69, 9.17) is 0 Å². The number of hydrogen-bond donors (Lipinski definition) is 1. The van der Waals surface area contributed by atoms with Gasteiger partial charge in [-0.1, -0.05) is 27.7 Å². The van der Waals surface area contributed by atoms with Gasteiger partial charge in [0.15, 0.2) is 0 Å². The average Bonchev–Trinajstić information content (AvgIpc) is 2.46. The molecule has 0 unspecified atom stereocenters. The Morgan fingerprint density at radius 3 is 2.14 bits per heavy atom. The van der Waals surface area contributed by atoms with Crippen molar-refractivity contribution in [1.82, 2.24) is 4.90 Å². The van der Waals surface area contributed by atoms with Crippen LogP contribution in [0.4, 0.5) is 11.4 Å². The van der Waals surface area contributed by atoms with Crippen LogP contribution in [0.2, 0.25) is 0 Å². The van der Waals surface area contributed by atoms with Crippen molar-refractivity contribution in [3.63, 3.8) is 0 Å². The monoisotopic (exact) mass is 289 g/mol. The smallest absolute Gasteiger partial charge is 0.0368 e. The van der Waals surface area contributed by atoms with E-state index in [1.54, 1.807) is 0 Å². The van der Waals surface area contributed by atoms with Crippen molar-refractivity contribution in [1.29, 1.82) is 0 Å². The van der Waals surface area contributed by atoms with E-state index < -0.39 is 0 Å². The number of likely N-dealkylation sites (N-methyl/N-ethyl adjacent to an activating group) is 1. The lowest BCUT2D eigenvalue weighted by Crippen LogP contribution is -2.44. The Morgan fingerprint density at radius 2 is 1.62 bits per heavy atom. The van der Waals surface area contributed by atoms with Gasteiger partial charge in [0.25, 0.3) is 0 Å². The normalized spacial score (nSPS) is 17.3. The average molecular weight is 289 g/mol. The lowest BCUT2D eigenvalue weighted by Gasteiger charge is -2.34. The summed E-state index contributed by atoms with van der Waals surface area (Å²) in [6.07, 6.45) is 0. The number of nitrogens with zero attached hydrogens (tertiary/aromatic N) is 2. The highest BCUT2D eigenvalue weighted by molar-refractivity contribution is 5.55. The molecule has 0 amide bonds. The van der Waals surface area contributed by atoms with Crippen LogP contribution in [0, 0.1) is 11.3 Å². The van der Waals surface area contributed by atoms with Crippen LogP contribution in [-0.4, -0.2) is 44.7 Å². The molecule has 0 aliphatic carbocycles. The Balaban J connectivity index is 1.90. The molecule has 1 aliphatic rings. The van der Waals surface area contributed by atoms with Crippen molar-refractivity contribution in [2.75, 3.05) is 50.0 Å². The molecule has 1 N–H and O–H groups in total. The molecular weight excluding hydrogens is 258 g/mol. The summed E-state index contributed by atoms with van der Waals surface area (Å²) in [6.45, 7) is 14.8. The summed E-state index contributed by atoms with van der Waals surface area (Å²) in [6, 6.07) is 8.92. The van der Waals surface area contributed by atoms with Crippen LogP contribution < -0.4 is 10.2 Å². The molecule has 3 nitrogen and oxygen atoms in total. The molecule has 1 aliphatic heterocycles. The van der Waals surface area contributed by atoms with Crippen LogP contribution >= 0.6 is 0 Å². The van der Waals surface area contributed by atoms with Crippen molar-refractivity contribution in [3.05, 3.63) is 24.3 Å². The third kappa shape index (κ3) is 4.37. The summed E-state index contributed by atoms with van der Waals surface area (Å²) in [7, 11) is 2.20. The maximum absolute atomic E-state index is 3.58. The van der Waals surface area contributed by atoms with E-state index in [1.807, 2.05) is 0 Å². The van der Waals surface area contributed by atoms with Gasteiger partial charge in [-0.2, -0.15) is 0 Å². The molecule has 0 radical (unpaired) electrons. The maximum Gasteiger partial charge on any atom is 0.0368 e. The van der Waals surface area contributed by atoms with Gasteiger partial charge in [0.1, 0.15) is 0 Å². The zero-order chi connectivity index (χ0) is 15.5. The summed E-state index contributed by atoms with van der Waals surface area (Å²) < 4.78 is 0. The number of piperazine rings is 1. The topological polar surface area (TPSA) is 18.5 Å². The molecule has 1 aromatic carbocycles. The van der Waals surface area contributed by atoms with E-state index in [0.29, 0.717) is 11.3 Å². The largest absolute Gasteiger partial charge is 0.384 e. The van der Waals surface area contributed by atoms with Gasteiger partial charge in [0.05, 0.1) is 0 Å². The van der Waals surface area contributed by atoms with E-state index >= 15 is 0 Å². The lowest BCUT2D eigenvalue weighted by atomic mass is 9.81. The molecule has 0 aromatic heterocycles. The second kappa shape index (κ2) is 6.69. The standard InChI is InChI=1S/C18H31N3/c1-15(2)18(3,4)14-19-16-6-8-17(9-7-16)21-12-10-20(5)11-13-21/h6-9,15,19H,10-14H2,1-5H3. The van der Waals surface area contributed by atoms with Crippen molar-refractivity contribution in [2.45, 2.75) is 27.7 Å². The van der Waals surface area contributed by atoms with Crippen molar-refractivity contribution < 1.29 is 0 Å². The van der Waals surface area contributed by atoms with Crippen molar-refractivity contribution in [3.8, 4) is 0 Å². The number of hydrogen-bond acceptors (Lipinski definition) is 3. The number of rotatable bonds is 5. The molecule has 21 heavy (non-hydrogen) atoms. The first-order valence-electron chi connectivity index (χ1n) is 8.16. The quantitative estimate of drug-likeness (QED) is 0.894. The first-order valence-corrected chi connectivity index (χ1v) is 8.16. The maximum atomic E-state index is 3.58. The van der Waals surface area contributed by atoms with Crippen LogP contribution in [0.3, 0.4) is 0 Å². The molecule has 0 spiro atoms. The Bertz CT molecular complexity index is 428. The molecule has 1 heterocycles. The predicted molar refractivity (Wildman–Crippen MR) is 93.3 cm³/mol. The van der Waals surface area contributed by atoms with Gasteiger partial charge in [0.2, 0.25) is 0 Å². The van der Waals surface area contributed by atoms with E-state index in [9.17, 15) is 0 Å². The second-order valence-corrected chi connectivity index (χ2v) is 7.33. The fourth-order valence-corrected chi connectivity index (χ4v) is 2.39. The third-order valence-corrected chi connectivity index (χ3v) is 5.05. The van der Waals surface area contributed by atoms with Crippen molar-refractivity contribution in [2.24, 2.45) is 11.3 Å². The molecule has 0 atom stereocenters. The third-order valence-electron chi connectivity index (χ3n) is 5.05. The number of benzene rings is 1. The molecule has 2 rings (SSSR count). The Morgan fingerprint density at radius 1 is 1.05 bits per heavy atom. The summed E-state index contributed by atoms with van der Waals surface area (Å²) in [5.74, 6) is 0.676. The Labute approximate surface area is 130 Å². The molecule has 3 heteroatoms. The van der Waals surface area contributed by atoms with E-state index in [0.717, 1.165) is 32.7 Å². The lowest BCUT2D eigenvalue weighted by molar-refractivity contribution is 0.269. The van der Waals surface area contributed by atoms with E-state index in [1.165, 1.54) is 11.4 Å². The summed E-state index contributed by atoms with van der Waals surface area (Å²) in [5.41, 5.74) is 2.88. The molecule has 118 valence electrons. The van der Waals surface area contributed by atoms with Crippen molar-refractivity contribution >= 4 is 11.4 Å². The molecule has 1 saturated heterocycles. The van der Waals surface area contributed by atoms with Gasteiger partial charge in [-0.3, -0.25) is 0 Å². The van der Waals surface area contributed by atoms with Gasteiger partial charge in [-0.15, -0.1) is 0 Å². The summed E-state index contributed by atoms with van der Waals surface area (Å²) in [4.78, 5) is 4.86. The van der Waals surface area contributed by atoms with Gasteiger partial charge in [0, 0.05) is 44.1 Å². The van der Waals surface area contributed by atoms with E-state index in [-0.39, 0.29) is 0 Å². The zero-order valence-electron chi connectivity index (χ0n) is 14.3.